The van der Waals surface area contributed by atoms with Gasteiger partial charge in [-0.1, -0.05) is 6.07 Å². The van der Waals surface area contributed by atoms with Gasteiger partial charge in [0.15, 0.2) is 17.5 Å². The summed E-state index contributed by atoms with van der Waals surface area (Å²) < 4.78 is 11.3. The van der Waals surface area contributed by atoms with Gasteiger partial charge in [0.1, 0.15) is 0 Å². The minimum absolute atomic E-state index is 0.124. The molecule has 0 bridgehead atoms. The number of nitrogens with zero attached hydrogens (tertiary/aromatic N) is 1. The molecule has 0 fully saturated rings. The molecule has 0 saturated carbocycles. The van der Waals surface area contributed by atoms with Crippen LogP contribution in [0.25, 0.3) is 0 Å². The zero-order valence-electron chi connectivity index (χ0n) is 14.4. The highest BCUT2D eigenvalue weighted by Crippen LogP contribution is 2.30. The van der Waals surface area contributed by atoms with E-state index >= 15 is 0 Å². The van der Waals surface area contributed by atoms with Crippen molar-refractivity contribution in [2.75, 3.05) is 26.3 Å². The molecular weight excluding hydrogens is 278 g/mol. The van der Waals surface area contributed by atoms with Crippen molar-refractivity contribution in [2.24, 2.45) is 4.99 Å². The van der Waals surface area contributed by atoms with Gasteiger partial charge in [-0.15, -0.1) is 0 Å². The van der Waals surface area contributed by atoms with Gasteiger partial charge in [-0.25, -0.2) is 0 Å². The monoisotopic (exact) mass is 307 g/mol. The van der Waals surface area contributed by atoms with Crippen molar-refractivity contribution < 1.29 is 9.47 Å². The molecule has 0 amide bonds. The van der Waals surface area contributed by atoms with E-state index in [1.165, 1.54) is 0 Å². The first-order chi connectivity index (χ1) is 10.7. The highest BCUT2D eigenvalue weighted by Gasteiger charge is 2.12. The van der Waals surface area contributed by atoms with Crippen LogP contribution in [0.15, 0.2) is 23.2 Å². The fourth-order valence-corrected chi connectivity index (χ4v) is 2.10. The quantitative estimate of drug-likeness (QED) is 0.572. The average molecular weight is 307 g/mol. The van der Waals surface area contributed by atoms with E-state index in [2.05, 4.69) is 35.5 Å². The van der Waals surface area contributed by atoms with Gasteiger partial charge >= 0.3 is 0 Å². The number of rotatable bonds is 8. The average Bonchev–Trinajstić information content (AvgIpc) is 2.50. The zero-order chi connectivity index (χ0) is 16.4. The summed E-state index contributed by atoms with van der Waals surface area (Å²) in [5.41, 5.74) is 1.13. The molecule has 0 heterocycles. The molecule has 22 heavy (non-hydrogen) atoms. The molecule has 1 aromatic carbocycles. The van der Waals surface area contributed by atoms with Crippen LogP contribution in [0.3, 0.4) is 0 Å². The van der Waals surface area contributed by atoms with Crippen molar-refractivity contribution in [3.63, 3.8) is 0 Å². The van der Waals surface area contributed by atoms with Crippen LogP contribution in [0, 0.1) is 0 Å². The van der Waals surface area contributed by atoms with Crippen LogP contribution in [0.2, 0.25) is 0 Å². The molecule has 0 aromatic heterocycles. The highest BCUT2D eigenvalue weighted by molar-refractivity contribution is 5.80. The minimum atomic E-state index is 0.124. The predicted octanol–water partition coefficient (Wildman–Crippen LogP) is 3.12. The van der Waals surface area contributed by atoms with Gasteiger partial charge in [0.25, 0.3) is 0 Å². The second-order valence-electron chi connectivity index (χ2n) is 4.79. The fourth-order valence-electron chi connectivity index (χ4n) is 2.10. The molecule has 124 valence electrons. The molecule has 0 aliphatic heterocycles. The first kappa shape index (κ1) is 18.1. The standard InChI is InChI=1S/C17H29N3O2/c1-6-18-17(19-7-2)20-13(5)14-10-11-15(21-8-3)16(12-14)22-9-4/h10-13H,6-9H2,1-5H3,(H2,18,19,20). The molecule has 2 N–H and O–H groups in total. The molecule has 5 heteroatoms. The van der Waals surface area contributed by atoms with Crippen LogP contribution in [-0.4, -0.2) is 32.3 Å². The molecule has 0 saturated heterocycles. The third kappa shape index (κ3) is 5.47. The van der Waals surface area contributed by atoms with E-state index in [1.807, 2.05) is 32.9 Å². The Kier molecular flexibility index (Phi) is 8.18. The number of hydrogen-bond donors (Lipinski definition) is 2. The molecular formula is C17H29N3O2. The number of aliphatic imine (C=N–C) groups is 1. The molecule has 1 unspecified atom stereocenters. The van der Waals surface area contributed by atoms with E-state index in [-0.39, 0.29) is 6.04 Å². The number of hydrogen-bond acceptors (Lipinski definition) is 3. The summed E-state index contributed by atoms with van der Waals surface area (Å²) >= 11 is 0. The Hall–Kier alpha value is -1.91. The SMILES string of the molecule is CCN=C(NCC)NC(C)c1ccc(OCC)c(OCC)c1. The van der Waals surface area contributed by atoms with Crippen LogP contribution in [-0.2, 0) is 0 Å². The van der Waals surface area contributed by atoms with Gasteiger partial charge < -0.3 is 20.1 Å². The molecule has 1 aromatic rings. The first-order valence-corrected chi connectivity index (χ1v) is 8.10. The summed E-state index contributed by atoms with van der Waals surface area (Å²) in [6.45, 7) is 13.0. The Bertz CT molecular complexity index is 475. The van der Waals surface area contributed by atoms with Crippen molar-refractivity contribution in [1.82, 2.24) is 10.6 Å². The Balaban J connectivity index is 2.90. The second-order valence-corrected chi connectivity index (χ2v) is 4.79. The maximum atomic E-state index is 5.68. The summed E-state index contributed by atoms with van der Waals surface area (Å²) in [5, 5.41) is 6.64. The van der Waals surface area contributed by atoms with Crippen LogP contribution < -0.4 is 20.1 Å². The summed E-state index contributed by atoms with van der Waals surface area (Å²) in [7, 11) is 0. The lowest BCUT2D eigenvalue weighted by atomic mass is 10.1. The Morgan fingerprint density at radius 2 is 1.77 bits per heavy atom. The molecule has 0 aliphatic carbocycles. The minimum Gasteiger partial charge on any atom is -0.490 e. The number of ether oxygens (including phenoxy) is 2. The number of guanidine groups is 1. The van der Waals surface area contributed by atoms with Crippen LogP contribution in [0.5, 0.6) is 11.5 Å². The van der Waals surface area contributed by atoms with Gasteiger partial charge in [-0.2, -0.15) is 0 Å². The maximum Gasteiger partial charge on any atom is 0.191 e. The van der Waals surface area contributed by atoms with E-state index < -0.39 is 0 Å². The summed E-state index contributed by atoms with van der Waals surface area (Å²) in [4.78, 5) is 4.42. The van der Waals surface area contributed by atoms with Gasteiger partial charge in [0, 0.05) is 13.1 Å². The number of nitrogens with one attached hydrogen (secondary N) is 2. The van der Waals surface area contributed by atoms with Crippen molar-refractivity contribution in [3.8, 4) is 11.5 Å². The van der Waals surface area contributed by atoms with E-state index in [0.717, 1.165) is 36.1 Å². The normalized spacial score (nSPS) is 12.7. The van der Waals surface area contributed by atoms with Crippen LogP contribution in [0.4, 0.5) is 0 Å². The van der Waals surface area contributed by atoms with Gasteiger partial charge in [-0.3, -0.25) is 4.99 Å². The van der Waals surface area contributed by atoms with Crippen molar-refractivity contribution >= 4 is 5.96 Å². The summed E-state index contributed by atoms with van der Waals surface area (Å²) in [6.07, 6.45) is 0. The van der Waals surface area contributed by atoms with E-state index in [1.54, 1.807) is 0 Å². The van der Waals surface area contributed by atoms with Crippen LogP contribution in [0.1, 0.15) is 46.2 Å². The fraction of sp³-hybridized carbons (Fsp3) is 0.588. The Morgan fingerprint density at radius 1 is 1.09 bits per heavy atom. The Labute approximate surface area is 134 Å². The Morgan fingerprint density at radius 3 is 2.36 bits per heavy atom. The first-order valence-electron chi connectivity index (χ1n) is 8.10. The predicted molar refractivity (Wildman–Crippen MR) is 92.0 cm³/mol. The highest BCUT2D eigenvalue weighted by atomic mass is 16.5. The molecule has 0 aliphatic rings. The van der Waals surface area contributed by atoms with Gasteiger partial charge in [0.05, 0.1) is 19.3 Å². The van der Waals surface area contributed by atoms with Crippen LogP contribution >= 0.6 is 0 Å². The third-order valence-electron chi connectivity index (χ3n) is 3.08. The van der Waals surface area contributed by atoms with Crippen molar-refractivity contribution in [2.45, 2.75) is 40.7 Å². The maximum absolute atomic E-state index is 5.68. The van der Waals surface area contributed by atoms with Crippen molar-refractivity contribution in [3.05, 3.63) is 23.8 Å². The second kappa shape index (κ2) is 9.92. The topological polar surface area (TPSA) is 54.9 Å². The lowest BCUT2D eigenvalue weighted by molar-refractivity contribution is 0.287. The smallest absolute Gasteiger partial charge is 0.191 e. The van der Waals surface area contributed by atoms with E-state index in [4.69, 9.17) is 9.47 Å². The molecule has 0 spiro atoms. The lowest BCUT2D eigenvalue weighted by Gasteiger charge is -2.19. The van der Waals surface area contributed by atoms with E-state index in [0.29, 0.717) is 13.2 Å². The largest absolute Gasteiger partial charge is 0.490 e. The van der Waals surface area contributed by atoms with Gasteiger partial charge in [-0.05, 0) is 52.3 Å². The third-order valence-corrected chi connectivity index (χ3v) is 3.08. The molecule has 1 rings (SSSR count). The summed E-state index contributed by atoms with van der Waals surface area (Å²) in [6, 6.07) is 6.17. The number of benzene rings is 1. The lowest BCUT2D eigenvalue weighted by Crippen LogP contribution is -2.38. The summed E-state index contributed by atoms with van der Waals surface area (Å²) in [5.74, 6) is 2.40. The van der Waals surface area contributed by atoms with E-state index in [9.17, 15) is 0 Å². The zero-order valence-corrected chi connectivity index (χ0v) is 14.4. The molecule has 0 radical (unpaired) electrons. The van der Waals surface area contributed by atoms with Crippen molar-refractivity contribution in [1.29, 1.82) is 0 Å². The van der Waals surface area contributed by atoms with Gasteiger partial charge in [0.2, 0.25) is 0 Å². The molecule has 1 atom stereocenters. The molecule has 5 nitrogen and oxygen atoms in total.